The molecule has 0 aromatic heterocycles. The second-order valence-corrected chi connectivity index (χ2v) is 10.1. The minimum atomic E-state index is -1.20. The number of halogens is 4. The number of allylic oxidation sites excluding steroid dienone is 1. The van der Waals surface area contributed by atoms with Gasteiger partial charge in [0.05, 0.1) is 12.9 Å². The standard InChI is InChI=1S/C32H32F4O2/c1-3-5-15-37-26-17-23-13-12-22-16-24(29(33)31(35)27(22)28(23)32(36)30(26)34)20-8-10-21(11-9-20)25-14-7-19(6-4-2)18-38-25/h8-11,16-18,25H,3-7,12-15H2,1-2H3. The highest BCUT2D eigenvalue weighted by atomic mass is 19.2. The first-order chi connectivity index (χ1) is 18.4. The smallest absolute Gasteiger partial charge is 0.201 e. The van der Waals surface area contributed by atoms with Gasteiger partial charge in [-0.3, -0.25) is 0 Å². The molecule has 2 aliphatic rings. The van der Waals surface area contributed by atoms with Crippen molar-refractivity contribution in [2.24, 2.45) is 0 Å². The zero-order valence-electron chi connectivity index (χ0n) is 21.8. The van der Waals surface area contributed by atoms with Gasteiger partial charge in [0.15, 0.2) is 23.2 Å². The second kappa shape index (κ2) is 11.2. The largest absolute Gasteiger partial charge is 0.493 e. The third kappa shape index (κ3) is 4.93. The first-order valence-electron chi connectivity index (χ1n) is 13.5. The van der Waals surface area contributed by atoms with Crippen LogP contribution in [-0.2, 0) is 17.6 Å². The highest BCUT2D eigenvalue weighted by Crippen LogP contribution is 2.44. The fraction of sp³-hybridized carbons (Fsp3) is 0.375. The van der Waals surface area contributed by atoms with E-state index in [4.69, 9.17) is 9.47 Å². The lowest BCUT2D eigenvalue weighted by Crippen LogP contribution is -2.12. The molecule has 3 aromatic rings. The van der Waals surface area contributed by atoms with E-state index >= 15 is 13.2 Å². The van der Waals surface area contributed by atoms with Crippen molar-refractivity contribution in [3.05, 3.63) is 88.2 Å². The Morgan fingerprint density at radius 3 is 2.13 bits per heavy atom. The van der Waals surface area contributed by atoms with Crippen molar-refractivity contribution in [1.29, 1.82) is 0 Å². The number of benzene rings is 3. The van der Waals surface area contributed by atoms with Crippen LogP contribution in [-0.4, -0.2) is 6.61 Å². The van der Waals surface area contributed by atoms with Crippen LogP contribution in [0.2, 0.25) is 0 Å². The van der Waals surface area contributed by atoms with Gasteiger partial charge < -0.3 is 9.47 Å². The number of rotatable bonds is 8. The van der Waals surface area contributed by atoms with Gasteiger partial charge in [0.25, 0.3) is 0 Å². The van der Waals surface area contributed by atoms with Gasteiger partial charge in [-0.05, 0) is 78.5 Å². The lowest BCUT2D eigenvalue weighted by molar-refractivity contribution is 0.119. The van der Waals surface area contributed by atoms with Crippen molar-refractivity contribution in [2.75, 3.05) is 6.61 Å². The van der Waals surface area contributed by atoms with E-state index in [1.165, 1.54) is 11.6 Å². The third-order valence-electron chi connectivity index (χ3n) is 7.50. The van der Waals surface area contributed by atoms with Crippen LogP contribution in [0.5, 0.6) is 5.75 Å². The average Bonchev–Trinajstić information content (AvgIpc) is 2.94. The van der Waals surface area contributed by atoms with Gasteiger partial charge in [-0.25, -0.2) is 13.2 Å². The van der Waals surface area contributed by atoms with Crippen molar-refractivity contribution in [3.8, 4) is 28.0 Å². The van der Waals surface area contributed by atoms with E-state index in [0.29, 0.717) is 36.0 Å². The first-order valence-corrected chi connectivity index (χ1v) is 13.5. The maximum absolute atomic E-state index is 15.5. The molecule has 1 unspecified atom stereocenters. The molecule has 1 heterocycles. The summed E-state index contributed by atoms with van der Waals surface area (Å²) in [6.45, 7) is 4.37. The molecule has 38 heavy (non-hydrogen) atoms. The molecule has 1 atom stereocenters. The molecule has 0 saturated carbocycles. The van der Waals surface area contributed by atoms with E-state index in [0.717, 1.165) is 37.7 Å². The number of hydrogen-bond donors (Lipinski definition) is 0. The molecule has 0 N–H and O–H groups in total. The van der Waals surface area contributed by atoms with E-state index in [-0.39, 0.29) is 35.2 Å². The summed E-state index contributed by atoms with van der Waals surface area (Å²) in [7, 11) is 0. The predicted octanol–water partition coefficient (Wildman–Crippen LogP) is 9.39. The molecular formula is C32H32F4O2. The Kier molecular flexibility index (Phi) is 7.78. The van der Waals surface area contributed by atoms with Crippen LogP contribution in [0.15, 0.2) is 48.2 Å². The monoisotopic (exact) mass is 524 g/mol. The van der Waals surface area contributed by atoms with Gasteiger partial charge in [0.1, 0.15) is 6.10 Å². The zero-order valence-corrected chi connectivity index (χ0v) is 21.8. The summed E-state index contributed by atoms with van der Waals surface area (Å²) in [5, 5.41) is 0. The maximum atomic E-state index is 15.5. The highest BCUT2D eigenvalue weighted by molar-refractivity contribution is 5.79. The Morgan fingerprint density at radius 1 is 0.816 bits per heavy atom. The molecule has 5 rings (SSSR count). The van der Waals surface area contributed by atoms with Crippen LogP contribution < -0.4 is 4.74 Å². The van der Waals surface area contributed by atoms with Crippen molar-refractivity contribution in [1.82, 2.24) is 0 Å². The molecule has 200 valence electrons. The maximum Gasteiger partial charge on any atom is 0.201 e. The number of fused-ring (bicyclic) bond motifs is 3. The summed E-state index contributed by atoms with van der Waals surface area (Å²) in [5.74, 6) is -4.80. The first kappa shape index (κ1) is 26.3. The average molecular weight is 525 g/mol. The normalized spacial score (nSPS) is 16.4. The van der Waals surface area contributed by atoms with Crippen molar-refractivity contribution in [3.63, 3.8) is 0 Å². The molecule has 0 radical (unpaired) electrons. The minimum Gasteiger partial charge on any atom is -0.493 e. The zero-order chi connectivity index (χ0) is 26.8. The molecule has 0 saturated heterocycles. The van der Waals surface area contributed by atoms with E-state index in [1.807, 2.05) is 25.3 Å². The summed E-state index contributed by atoms with van der Waals surface area (Å²) >= 11 is 0. The summed E-state index contributed by atoms with van der Waals surface area (Å²) < 4.78 is 72.3. The van der Waals surface area contributed by atoms with E-state index in [9.17, 15) is 4.39 Å². The highest BCUT2D eigenvalue weighted by Gasteiger charge is 2.31. The predicted molar refractivity (Wildman–Crippen MR) is 141 cm³/mol. The Morgan fingerprint density at radius 2 is 1.50 bits per heavy atom. The van der Waals surface area contributed by atoms with Gasteiger partial charge in [0, 0.05) is 16.7 Å². The van der Waals surface area contributed by atoms with Gasteiger partial charge in [-0.2, -0.15) is 4.39 Å². The van der Waals surface area contributed by atoms with Crippen LogP contribution in [0.1, 0.15) is 75.2 Å². The molecule has 1 aliphatic carbocycles. The second-order valence-electron chi connectivity index (χ2n) is 10.1. The quantitative estimate of drug-likeness (QED) is 0.216. The summed E-state index contributed by atoms with van der Waals surface area (Å²) in [6, 6.07) is 10.2. The summed E-state index contributed by atoms with van der Waals surface area (Å²) in [6.07, 6.45) is 8.06. The fourth-order valence-corrected chi connectivity index (χ4v) is 5.43. The number of aryl methyl sites for hydroxylation is 2. The molecule has 6 heteroatoms. The SMILES string of the molecule is CCCCOc1cc2c(c(F)c1F)-c1c(cc(-c3ccc(C4CCC(CCC)=CO4)cc3)c(F)c1F)CC2. The molecule has 0 spiro atoms. The van der Waals surface area contributed by atoms with Crippen LogP contribution in [0, 0.1) is 23.3 Å². The Balaban J connectivity index is 1.45. The van der Waals surface area contributed by atoms with Crippen molar-refractivity contribution < 1.29 is 27.0 Å². The van der Waals surface area contributed by atoms with E-state index in [1.54, 1.807) is 18.2 Å². The number of hydrogen-bond acceptors (Lipinski definition) is 2. The molecule has 0 bridgehead atoms. The molecule has 1 aliphatic heterocycles. The minimum absolute atomic E-state index is 0.0695. The molecule has 0 amide bonds. The van der Waals surface area contributed by atoms with Crippen LogP contribution >= 0.6 is 0 Å². The van der Waals surface area contributed by atoms with Gasteiger partial charge in [-0.1, -0.05) is 51.0 Å². The van der Waals surface area contributed by atoms with Crippen molar-refractivity contribution in [2.45, 2.75) is 71.3 Å². The van der Waals surface area contributed by atoms with Crippen LogP contribution in [0.4, 0.5) is 17.6 Å². The summed E-state index contributed by atoms with van der Waals surface area (Å²) in [4.78, 5) is 0. The topological polar surface area (TPSA) is 18.5 Å². The molecular weight excluding hydrogens is 492 g/mol. The van der Waals surface area contributed by atoms with Gasteiger partial charge in [0.2, 0.25) is 5.82 Å². The third-order valence-corrected chi connectivity index (χ3v) is 7.50. The Labute approximate surface area is 221 Å². The lowest BCUT2D eigenvalue weighted by atomic mass is 9.82. The molecule has 0 fully saturated rings. The van der Waals surface area contributed by atoms with E-state index < -0.39 is 23.3 Å². The number of unbranched alkanes of at least 4 members (excludes halogenated alkanes) is 1. The number of ether oxygens (including phenoxy) is 2. The molecule has 3 aromatic carbocycles. The summed E-state index contributed by atoms with van der Waals surface area (Å²) in [5.41, 5.74) is 3.36. The van der Waals surface area contributed by atoms with Gasteiger partial charge in [-0.15, -0.1) is 0 Å². The Bertz CT molecular complexity index is 1360. The van der Waals surface area contributed by atoms with Crippen LogP contribution in [0.3, 0.4) is 0 Å². The Hall–Kier alpha value is -3.28. The van der Waals surface area contributed by atoms with Gasteiger partial charge >= 0.3 is 0 Å². The lowest BCUT2D eigenvalue weighted by Gasteiger charge is -2.24. The van der Waals surface area contributed by atoms with Crippen molar-refractivity contribution >= 4 is 0 Å². The molecule has 2 nitrogen and oxygen atoms in total. The fourth-order valence-electron chi connectivity index (χ4n) is 5.43. The van der Waals surface area contributed by atoms with Crippen LogP contribution in [0.25, 0.3) is 22.3 Å². The van der Waals surface area contributed by atoms with E-state index in [2.05, 4.69) is 6.92 Å².